The summed E-state index contributed by atoms with van der Waals surface area (Å²) in [4.78, 5) is 15.6. The third-order valence-corrected chi connectivity index (χ3v) is 6.32. The van der Waals surface area contributed by atoms with Gasteiger partial charge in [0.25, 0.3) is 5.91 Å². The lowest BCUT2D eigenvalue weighted by molar-refractivity contribution is -0.0461. The number of fused-ring (bicyclic) bond motifs is 2. The predicted molar refractivity (Wildman–Crippen MR) is 93.2 cm³/mol. The van der Waals surface area contributed by atoms with Crippen LogP contribution in [0, 0.1) is 12.7 Å². The number of hydrogen-bond acceptors (Lipinski definition) is 4. The van der Waals surface area contributed by atoms with Crippen molar-refractivity contribution in [2.24, 2.45) is 0 Å². The van der Waals surface area contributed by atoms with E-state index >= 15 is 0 Å². The standard InChI is InChI=1S/C18H21FN2O2S/c1-11-16-14(19)5-2-6-15(16)24-17(11)18(22)20-8-13-9-21-7-3-4-12(21)10-23-13/h2,5-6,12-13H,3-4,7-10H2,1H3,(H,20,22)/t12-,13+/m1/s1. The van der Waals surface area contributed by atoms with Crippen molar-refractivity contribution in [1.29, 1.82) is 0 Å². The molecular formula is C18H21FN2O2S. The van der Waals surface area contributed by atoms with Crippen LogP contribution in [0.3, 0.4) is 0 Å². The van der Waals surface area contributed by atoms with Crippen molar-refractivity contribution < 1.29 is 13.9 Å². The summed E-state index contributed by atoms with van der Waals surface area (Å²) in [5.74, 6) is -0.406. The number of ether oxygens (including phenoxy) is 1. The monoisotopic (exact) mass is 348 g/mol. The minimum Gasteiger partial charge on any atom is -0.373 e. The van der Waals surface area contributed by atoms with Crippen LogP contribution in [0.1, 0.15) is 28.1 Å². The smallest absolute Gasteiger partial charge is 0.261 e. The number of nitrogens with one attached hydrogen (secondary N) is 1. The zero-order valence-corrected chi connectivity index (χ0v) is 14.5. The molecule has 0 saturated carbocycles. The predicted octanol–water partition coefficient (Wildman–Crippen LogP) is 2.94. The van der Waals surface area contributed by atoms with E-state index in [9.17, 15) is 9.18 Å². The van der Waals surface area contributed by atoms with Crippen LogP contribution in [0.15, 0.2) is 18.2 Å². The normalized spacial score (nSPS) is 24.2. The number of thiophene rings is 1. The molecule has 4 nitrogen and oxygen atoms in total. The molecule has 1 aromatic heterocycles. The number of rotatable bonds is 3. The Morgan fingerprint density at radius 3 is 3.21 bits per heavy atom. The number of morpholine rings is 1. The molecule has 3 heterocycles. The highest BCUT2D eigenvalue weighted by molar-refractivity contribution is 7.21. The van der Waals surface area contributed by atoms with Gasteiger partial charge in [0, 0.05) is 29.2 Å². The lowest BCUT2D eigenvalue weighted by Gasteiger charge is -2.35. The molecule has 0 aliphatic carbocycles. The topological polar surface area (TPSA) is 41.6 Å². The first-order chi connectivity index (χ1) is 11.6. The summed E-state index contributed by atoms with van der Waals surface area (Å²) in [5, 5.41) is 3.52. The summed E-state index contributed by atoms with van der Waals surface area (Å²) < 4.78 is 20.7. The number of benzene rings is 1. The molecule has 0 spiro atoms. The lowest BCUT2D eigenvalue weighted by atomic mass is 10.1. The minimum atomic E-state index is -0.268. The van der Waals surface area contributed by atoms with Gasteiger partial charge in [0.1, 0.15) is 5.82 Å². The van der Waals surface area contributed by atoms with Gasteiger partial charge in [0.2, 0.25) is 0 Å². The molecular weight excluding hydrogens is 327 g/mol. The van der Waals surface area contributed by atoms with Gasteiger partial charge in [-0.15, -0.1) is 11.3 Å². The van der Waals surface area contributed by atoms with E-state index in [1.165, 1.54) is 30.2 Å². The van der Waals surface area contributed by atoms with Crippen LogP contribution in [0.25, 0.3) is 10.1 Å². The highest BCUT2D eigenvalue weighted by Gasteiger charge is 2.32. The Kier molecular flexibility index (Phi) is 4.28. The second kappa shape index (κ2) is 6.43. The van der Waals surface area contributed by atoms with Gasteiger partial charge in [0.05, 0.1) is 17.6 Å². The van der Waals surface area contributed by atoms with E-state index in [1.54, 1.807) is 6.07 Å². The first kappa shape index (κ1) is 16.0. The van der Waals surface area contributed by atoms with Gasteiger partial charge >= 0.3 is 0 Å². The van der Waals surface area contributed by atoms with E-state index in [4.69, 9.17) is 4.74 Å². The molecule has 2 fully saturated rings. The van der Waals surface area contributed by atoms with Gasteiger partial charge in [-0.3, -0.25) is 9.69 Å². The van der Waals surface area contributed by atoms with Gasteiger partial charge < -0.3 is 10.1 Å². The van der Waals surface area contributed by atoms with Gasteiger partial charge in [-0.1, -0.05) is 6.07 Å². The summed E-state index contributed by atoms with van der Waals surface area (Å²) in [5.41, 5.74) is 0.717. The molecule has 2 aliphatic heterocycles. The van der Waals surface area contributed by atoms with E-state index in [0.29, 0.717) is 22.8 Å². The molecule has 2 aromatic rings. The number of amides is 1. The van der Waals surface area contributed by atoms with Crippen LogP contribution in [0.4, 0.5) is 4.39 Å². The third kappa shape index (κ3) is 2.83. The molecule has 1 amide bonds. The number of aryl methyl sites for hydroxylation is 1. The van der Waals surface area contributed by atoms with E-state index in [0.717, 1.165) is 30.0 Å². The van der Waals surface area contributed by atoms with Crippen molar-refractivity contribution in [1.82, 2.24) is 10.2 Å². The average Bonchev–Trinajstić information content (AvgIpc) is 3.17. The minimum absolute atomic E-state index is 0.0368. The van der Waals surface area contributed by atoms with Crippen molar-refractivity contribution >= 4 is 27.3 Å². The zero-order chi connectivity index (χ0) is 16.7. The molecule has 1 aromatic carbocycles. The first-order valence-corrected chi connectivity index (χ1v) is 9.26. The second-order valence-electron chi connectivity index (χ2n) is 6.63. The van der Waals surface area contributed by atoms with Crippen molar-refractivity contribution in [2.75, 3.05) is 26.2 Å². The zero-order valence-electron chi connectivity index (χ0n) is 13.7. The van der Waals surface area contributed by atoms with Crippen LogP contribution >= 0.6 is 11.3 Å². The van der Waals surface area contributed by atoms with Crippen LogP contribution < -0.4 is 5.32 Å². The van der Waals surface area contributed by atoms with Crippen LogP contribution in [-0.4, -0.2) is 49.2 Å². The van der Waals surface area contributed by atoms with Gasteiger partial charge in [-0.25, -0.2) is 4.39 Å². The molecule has 0 radical (unpaired) electrons. The maximum atomic E-state index is 14.0. The maximum Gasteiger partial charge on any atom is 0.261 e. The molecule has 2 saturated heterocycles. The highest BCUT2D eigenvalue weighted by Crippen LogP contribution is 2.32. The van der Waals surface area contributed by atoms with E-state index in [-0.39, 0.29) is 17.8 Å². The first-order valence-electron chi connectivity index (χ1n) is 8.45. The molecule has 0 bridgehead atoms. The number of carbonyl (C=O) groups is 1. The molecule has 2 atom stereocenters. The van der Waals surface area contributed by atoms with Gasteiger partial charge in [-0.2, -0.15) is 0 Å². The summed E-state index contributed by atoms with van der Waals surface area (Å²) in [6, 6.07) is 5.53. The maximum absolute atomic E-state index is 14.0. The molecule has 6 heteroatoms. The molecule has 4 rings (SSSR count). The SMILES string of the molecule is Cc1c(C(=O)NC[C@H]2CN3CCC[C@@H]3CO2)sc2cccc(F)c12. The molecule has 24 heavy (non-hydrogen) atoms. The average molecular weight is 348 g/mol. The van der Waals surface area contributed by atoms with Crippen molar-refractivity contribution in [2.45, 2.75) is 31.9 Å². The Bertz CT molecular complexity index is 776. The fourth-order valence-corrected chi connectivity index (χ4v) is 4.91. The van der Waals surface area contributed by atoms with Gasteiger partial charge in [-0.05, 0) is 44.0 Å². The van der Waals surface area contributed by atoms with Crippen molar-refractivity contribution in [3.8, 4) is 0 Å². The Morgan fingerprint density at radius 2 is 2.38 bits per heavy atom. The Labute approximate surface area is 144 Å². The number of nitrogens with zero attached hydrogens (tertiary/aromatic N) is 1. The van der Waals surface area contributed by atoms with Crippen LogP contribution in [-0.2, 0) is 4.74 Å². The van der Waals surface area contributed by atoms with Crippen molar-refractivity contribution in [3.63, 3.8) is 0 Å². The summed E-state index contributed by atoms with van der Waals surface area (Å²) >= 11 is 1.34. The largest absolute Gasteiger partial charge is 0.373 e. The molecule has 2 aliphatic rings. The molecule has 1 N–H and O–H groups in total. The lowest BCUT2D eigenvalue weighted by Crippen LogP contribution is -2.50. The van der Waals surface area contributed by atoms with Crippen molar-refractivity contribution in [3.05, 3.63) is 34.5 Å². The number of halogens is 1. The fraction of sp³-hybridized carbons (Fsp3) is 0.500. The summed E-state index contributed by atoms with van der Waals surface area (Å²) in [7, 11) is 0. The quantitative estimate of drug-likeness (QED) is 0.927. The molecule has 0 unspecified atom stereocenters. The fourth-order valence-electron chi connectivity index (χ4n) is 3.77. The third-order valence-electron chi connectivity index (χ3n) is 5.06. The highest BCUT2D eigenvalue weighted by atomic mass is 32.1. The van der Waals surface area contributed by atoms with E-state index < -0.39 is 0 Å². The second-order valence-corrected chi connectivity index (χ2v) is 7.68. The van der Waals surface area contributed by atoms with Crippen LogP contribution in [0.2, 0.25) is 0 Å². The van der Waals surface area contributed by atoms with Crippen LogP contribution in [0.5, 0.6) is 0 Å². The van der Waals surface area contributed by atoms with E-state index in [1.807, 2.05) is 13.0 Å². The molecule has 128 valence electrons. The number of carbonyl (C=O) groups excluding carboxylic acids is 1. The Hall–Kier alpha value is -1.50. The van der Waals surface area contributed by atoms with Gasteiger partial charge in [0.15, 0.2) is 0 Å². The summed E-state index contributed by atoms with van der Waals surface area (Å²) in [6.07, 6.45) is 2.49. The Balaban J connectivity index is 1.43. The Morgan fingerprint density at radius 1 is 1.50 bits per heavy atom. The number of hydrogen-bond donors (Lipinski definition) is 1. The summed E-state index contributed by atoms with van der Waals surface area (Å²) in [6.45, 7) is 5.08. The van der Waals surface area contributed by atoms with E-state index in [2.05, 4.69) is 10.2 Å².